The van der Waals surface area contributed by atoms with Crippen LogP contribution in [0.1, 0.15) is 24.5 Å². The topological polar surface area (TPSA) is 100 Å². The first-order valence-corrected chi connectivity index (χ1v) is 6.38. The maximum Gasteiger partial charge on any atom is 0.341 e. The minimum atomic E-state index is -0.797. The molecule has 0 saturated carbocycles. The SMILES string of the molecule is COc1cc(C#N)ccc1/C=C(\C(C)=O)C(=O)OCCC#N. The molecule has 6 heteroatoms. The summed E-state index contributed by atoms with van der Waals surface area (Å²) in [5, 5.41) is 17.3. The van der Waals surface area contributed by atoms with Crippen LogP contribution < -0.4 is 4.74 Å². The molecule has 0 aliphatic rings. The molecule has 0 atom stereocenters. The van der Waals surface area contributed by atoms with Crippen LogP contribution in [0.2, 0.25) is 0 Å². The maximum atomic E-state index is 11.9. The molecule has 0 bridgehead atoms. The van der Waals surface area contributed by atoms with Crippen LogP contribution in [0.5, 0.6) is 5.75 Å². The van der Waals surface area contributed by atoms with Gasteiger partial charge in [0, 0.05) is 5.56 Å². The predicted octanol–water partition coefficient (Wildman–Crippen LogP) is 2.00. The highest BCUT2D eigenvalue weighted by Crippen LogP contribution is 2.23. The van der Waals surface area contributed by atoms with Crippen LogP contribution in [-0.4, -0.2) is 25.5 Å². The Morgan fingerprint density at radius 1 is 1.32 bits per heavy atom. The largest absolute Gasteiger partial charge is 0.496 e. The van der Waals surface area contributed by atoms with E-state index >= 15 is 0 Å². The Bertz CT molecular complexity index is 693. The average molecular weight is 298 g/mol. The summed E-state index contributed by atoms with van der Waals surface area (Å²) < 4.78 is 10.00. The van der Waals surface area contributed by atoms with E-state index in [0.29, 0.717) is 16.9 Å². The van der Waals surface area contributed by atoms with Crippen molar-refractivity contribution >= 4 is 17.8 Å². The van der Waals surface area contributed by atoms with E-state index in [2.05, 4.69) is 0 Å². The van der Waals surface area contributed by atoms with Crippen LogP contribution in [0.4, 0.5) is 0 Å². The highest BCUT2D eigenvalue weighted by molar-refractivity contribution is 6.19. The number of ketones is 1. The molecule has 0 aromatic heterocycles. The zero-order chi connectivity index (χ0) is 16.5. The first-order valence-electron chi connectivity index (χ1n) is 6.38. The highest BCUT2D eigenvalue weighted by Gasteiger charge is 2.17. The van der Waals surface area contributed by atoms with Gasteiger partial charge in [0.1, 0.15) is 17.9 Å². The van der Waals surface area contributed by atoms with Gasteiger partial charge in [-0.05, 0) is 31.2 Å². The highest BCUT2D eigenvalue weighted by atomic mass is 16.5. The van der Waals surface area contributed by atoms with Crippen LogP contribution in [0.15, 0.2) is 23.8 Å². The zero-order valence-electron chi connectivity index (χ0n) is 12.3. The van der Waals surface area contributed by atoms with E-state index in [-0.39, 0.29) is 18.6 Å². The number of hydrogen-bond acceptors (Lipinski definition) is 6. The maximum absolute atomic E-state index is 11.9. The Labute approximate surface area is 128 Å². The van der Waals surface area contributed by atoms with E-state index in [1.54, 1.807) is 12.1 Å². The summed E-state index contributed by atoms with van der Waals surface area (Å²) in [6.45, 7) is 1.16. The van der Waals surface area contributed by atoms with E-state index < -0.39 is 11.8 Å². The Kier molecular flexibility index (Phi) is 6.33. The van der Waals surface area contributed by atoms with Gasteiger partial charge in [0.2, 0.25) is 0 Å². The second-order valence-corrected chi connectivity index (χ2v) is 4.23. The molecule has 22 heavy (non-hydrogen) atoms. The fraction of sp³-hybridized carbons (Fsp3) is 0.250. The second kappa shape index (κ2) is 8.23. The van der Waals surface area contributed by atoms with Crippen molar-refractivity contribution < 1.29 is 19.1 Å². The fourth-order valence-electron chi connectivity index (χ4n) is 1.63. The Morgan fingerprint density at radius 3 is 2.59 bits per heavy atom. The van der Waals surface area contributed by atoms with Gasteiger partial charge in [0.25, 0.3) is 0 Å². The van der Waals surface area contributed by atoms with Gasteiger partial charge in [-0.15, -0.1) is 0 Å². The van der Waals surface area contributed by atoms with Crippen LogP contribution in [0.25, 0.3) is 6.08 Å². The van der Waals surface area contributed by atoms with E-state index in [9.17, 15) is 9.59 Å². The lowest BCUT2D eigenvalue weighted by atomic mass is 10.1. The van der Waals surface area contributed by atoms with Crippen molar-refractivity contribution in [3.63, 3.8) is 0 Å². The van der Waals surface area contributed by atoms with Crippen molar-refractivity contribution in [2.45, 2.75) is 13.3 Å². The minimum absolute atomic E-state index is 0.0527. The van der Waals surface area contributed by atoms with Crippen LogP contribution in [0, 0.1) is 22.7 Å². The minimum Gasteiger partial charge on any atom is -0.496 e. The molecule has 1 aromatic carbocycles. The third-order valence-corrected chi connectivity index (χ3v) is 2.71. The summed E-state index contributed by atoms with van der Waals surface area (Å²) in [5.74, 6) is -0.898. The zero-order valence-corrected chi connectivity index (χ0v) is 12.3. The Balaban J connectivity index is 3.14. The van der Waals surface area contributed by atoms with E-state index in [4.69, 9.17) is 20.0 Å². The summed E-state index contributed by atoms with van der Waals surface area (Å²) in [4.78, 5) is 23.5. The quantitative estimate of drug-likeness (QED) is 0.262. The first kappa shape index (κ1) is 16.9. The molecule has 1 rings (SSSR count). The number of carbonyl (C=O) groups is 2. The lowest BCUT2D eigenvalue weighted by Gasteiger charge is -2.08. The molecule has 0 amide bonds. The predicted molar refractivity (Wildman–Crippen MR) is 77.6 cm³/mol. The molecular formula is C16H14N2O4. The third kappa shape index (κ3) is 4.46. The number of nitrogens with zero attached hydrogens (tertiary/aromatic N) is 2. The number of hydrogen-bond donors (Lipinski definition) is 0. The van der Waals surface area contributed by atoms with Crippen LogP contribution in [-0.2, 0) is 14.3 Å². The lowest BCUT2D eigenvalue weighted by molar-refractivity contribution is -0.140. The molecule has 0 spiro atoms. The van der Waals surface area contributed by atoms with Gasteiger partial charge in [-0.3, -0.25) is 4.79 Å². The van der Waals surface area contributed by atoms with E-state index in [1.165, 1.54) is 26.2 Å². The van der Waals surface area contributed by atoms with Crippen LogP contribution in [0.3, 0.4) is 0 Å². The number of ether oxygens (including phenoxy) is 2. The van der Waals surface area contributed by atoms with Crippen LogP contribution >= 0.6 is 0 Å². The first-order chi connectivity index (χ1) is 10.5. The standard InChI is InChI=1S/C16H14N2O4/c1-11(19)14(16(20)22-7-3-6-17)9-13-5-4-12(10-18)8-15(13)21-2/h4-5,8-9H,3,7H2,1-2H3/b14-9+. The van der Waals surface area contributed by atoms with E-state index in [0.717, 1.165) is 0 Å². The van der Waals surface area contributed by atoms with Crippen molar-refractivity contribution in [3.05, 3.63) is 34.9 Å². The number of benzene rings is 1. The smallest absolute Gasteiger partial charge is 0.341 e. The molecule has 0 fully saturated rings. The molecule has 0 saturated heterocycles. The fourth-order valence-corrected chi connectivity index (χ4v) is 1.63. The van der Waals surface area contributed by atoms with Gasteiger partial charge in [-0.1, -0.05) is 0 Å². The van der Waals surface area contributed by atoms with Gasteiger partial charge in [-0.2, -0.15) is 10.5 Å². The average Bonchev–Trinajstić information content (AvgIpc) is 2.52. The Hall–Kier alpha value is -3.12. The molecule has 0 unspecified atom stereocenters. The van der Waals surface area contributed by atoms with Crippen molar-refractivity contribution in [3.8, 4) is 17.9 Å². The van der Waals surface area contributed by atoms with Crippen molar-refractivity contribution in [2.75, 3.05) is 13.7 Å². The molecule has 0 heterocycles. The molecule has 112 valence electrons. The van der Waals surface area contributed by atoms with Gasteiger partial charge in [0.05, 0.1) is 31.2 Å². The number of Topliss-reactive ketones (excluding diaryl/α,β-unsaturated/α-hetero) is 1. The molecule has 0 aliphatic carbocycles. The third-order valence-electron chi connectivity index (χ3n) is 2.71. The summed E-state index contributed by atoms with van der Waals surface area (Å²) >= 11 is 0. The normalized spacial score (nSPS) is 10.3. The molecule has 1 aromatic rings. The number of carbonyl (C=O) groups excluding carboxylic acids is 2. The molecule has 0 radical (unpaired) electrons. The van der Waals surface area contributed by atoms with Crippen molar-refractivity contribution in [1.29, 1.82) is 10.5 Å². The molecule has 0 N–H and O–H groups in total. The van der Waals surface area contributed by atoms with Gasteiger partial charge in [0.15, 0.2) is 5.78 Å². The van der Waals surface area contributed by atoms with Crippen molar-refractivity contribution in [2.24, 2.45) is 0 Å². The van der Waals surface area contributed by atoms with Gasteiger partial charge in [-0.25, -0.2) is 4.79 Å². The van der Waals surface area contributed by atoms with Crippen molar-refractivity contribution in [1.82, 2.24) is 0 Å². The van der Waals surface area contributed by atoms with Gasteiger partial charge >= 0.3 is 5.97 Å². The van der Waals surface area contributed by atoms with E-state index in [1.807, 2.05) is 12.1 Å². The lowest BCUT2D eigenvalue weighted by Crippen LogP contribution is -2.14. The second-order valence-electron chi connectivity index (χ2n) is 4.23. The monoisotopic (exact) mass is 298 g/mol. The number of esters is 1. The number of methoxy groups -OCH3 is 1. The summed E-state index contributed by atoms with van der Waals surface area (Å²) in [6, 6.07) is 8.44. The molecule has 0 aliphatic heterocycles. The van der Waals surface area contributed by atoms with Gasteiger partial charge < -0.3 is 9.47 Å². The summed E-state index contributed by atoms with van der Waals surface area (Å²) in [6.07, 6.45) is 1.40. The molecular weight excluding hydrogens is 284 g/mol. The number of rotatable bonds is 6. The summed E-state index contributed by atoms with van der Waals surface area (Å²) in [7, 11) is 1.42. The molecule has 6 nitrogen and oxygen atoms in total. The Morgan fingerprint density at radius 2 is 2.05 bits per heavy atom. The number of nitriles is 2. The summed E-state index contributed by atoms with van der Waals surface area (Å²) in [5.41, 5.74) is 0.722.